The molecule has 2 fully saturated rings. The average molecular weight is 486 g/mol. The van der Waals surface area contributed by atoms with E-state index < -0.39 is 17.7 Å². The molecular weight excluding hydrogens is 458 g/mol. The van der Waals surface area contributed by atoms with Crippen molar-refractivity contribution in [2.75, 3.05) is 20.8 Å². The predicted octanol–water partition coefficient (Wildman–Crippen LogP) is 5.12. The van der Waals surface area contributed by atoms with E-state index in [-0.39, 0.29) is 17.4 Å². The van der Waals surface area contributed by atoms with Crippen molar-refractivity contribution in [1.82, 2.24) is 4.90 Å². The maximum atomic E-state index is 13.4. The van der Waals surface area contributed by atoms with Gasteiger partial charge in [0, 0.05) is 17.2 Å². The van der Waals surface area contributed by atoms with Gasteiger partial charge in [0.25, 0.3) is 11.7 Å². The number of ether oxygens (including phenoxy) is 3. The molecule has 1 aliphatic carbocycles. The number of hydrogen-bond acceptors (Lipinski definition) is 6. The summed E-state index contributed by atoms with van der Waals surface area (Å²) < 4.78 is 16.7. The number of methoxy groups -OCH3 is 2. The van der Waals surface area contributed by atoms with E-state index in [0.29, 0.717) is 40.0 Å². The van der Waals surface area contributed by atoms with Crippen molar-refractivity contribution in [3.63, 3.8) is 0 Å². The van der Waals surface area contributed by atoms with E-state index in [9.17, 15) is 14.7 Å². The van der Waals surface area contributed by atoms with Crippen LogP contribution in [0, 0.1) is 0 Å². The van der Waals surface area contributed by atoms with Crippen molar-refractivity contribution < 1.29 is 28.9 Å². The molecule has 0 spiro atoms. The highest BCUT2D eigenvalue weighted by Gasteiger charge is 2.50. The summed E-state index contributed by atoms with van der Waals surface area (Å²) in [5.74, 6) is -0.367. The molecule has 2 aliphatic rings. The Morgan fingerprint density at radius 3 is 2.47 bits per heavy atom. The fourth-order valence-corrected chi connectivity index (χ4v) is 5.09. The van der Waals surface area contributed by atoms with Crippen molar-refractivity contribution in [3.05, 3.63) is 58.1 Å². The zero-order valence-corrected chi connectivity index (χ0v) is 20.2. The number of nitrogens with zero attached hydrogens (tertiary/aromatic N) is 1. The fraction of sp³-hybridized carbons (Fsp3) is 0.385. The molecule has 0 radical (unpaired) electrons. The number of carbonyl (C=O) groups excluding carboxylic acids is 2. The molecule has 1 N–H and O–H groups in total. The van der Waals surface area contributed by atoms with Gasteiger partial charge in [0.15, 0.2) is 11.5 Å². The van der Waals surface area contributed by atoms with Gasteiger partial charge in [-0.15, -0.1) is 0 Å². The number of rotatable bonds is 7. The highest BCUT2D eigenvalue weighted by atomic mass is 35.5. The lowest BCUT2D eigenvalue weighted by molar-refractivity contribution is -0.141. The summed E-state index contributed by atoms with van der Waals surface area (Å²) in [5, 5.41) is 11.8. The third kappa shape index (κ3) is 4.09. The Kier molecular flexibility index (Phi) is 7.03. The van der Waals surface area contributed by atoms with Gasteiger partial charge in [0.2, 0.25) is 0 Å². The molecule has 8 heteroatoms. The number of Topliss-reactive ketones (excluding diaryl/α,β-unsaturated/α-hetero) is 1. The van der Waals surface area contributed by atoms with E-state index in [1.807, 2.05) is 6.92 Å². The van der Waals surface area contributed by atoms with Crippen LogP contribution in [0.25, 0.3) is 5.76 Å². The Morgan fingerprint density at radius 2 is 1.82 bits per heavy atom. The second-order valence-corrected chi connectivity index (χ2v) is 8.71. The number of hydrogen-bond donors (Lipinski definition) is 1. The van der Waals surface area contributed by atoms with E-state index in [0.717, 1.165) is 25.7 Å². The van der Waals surface area contributed by atoms with Crippen LogP contribution in [0.2, 0.25) is 5.02 Å². The molecule has 4 rings (SSSR count). The third-order valence-corrected chi connectivity index (χ3v) is 6.74. The number of halogens is 1. The number of aliphatic hydroxyl groups is 1. The van der Waals surface area contributed by atoms with E-state index in [1.54, 1.807) is 41.3 Å². The Balaban J connectivity index is 1.94. The van der Waals surface area contributed by atoms with Crippen LogP contribution in [0.5, 0.6) is 17.2 Å². The molecule has 180 valence electrons. The lowest BCUT2D eigenvalue weighted by atomic mass is 9.93. The van der Waals surface area contributed by atoms with Crippen molar-refractivity contribution in [2.24, 2.45) is 0 Å². The zero-order chi connectivity index (χ0) is 24.4. The summed E-state index contributed by atoms with van der Waals surface area (Å²) in [5.41, 5.74) is 0.922. The van der Waals surface area contributed by atoms with Gasteiger partial charge in [-0.2, -0.15) is 0 Å². The molecule has 1 saturated heterocycles. The third-order valence-electron chi connectivity index (χ3n) is 6.43. The molecule has 2 aromatic carbocycles. The summed E-state index contributed by atoms with van der Waals surface area (Å²) in [6.45, 7) is 2.21. The molecule has 1 unspecified atom stereocenters. The van der Waals surface area contributed by atoms with Gasteiger partial charge in [-0.05, 0) is 44.0 Å². The fourth-order valence-electron chi connectivity index (χ4n) is 4.91. The van der Waals surface area contributed by atoms with Gasteiger partial charge < -0.3 is 24.2 Å². The Bertz CT molecular complexity index is 1140. The van der Waals surface area contributed by atoms with Crippen LogP contribution in [-0.4, -0.2) is 48.6 Å². The Hall–Kier alpha value is -3.19. The smallest absolute Gasteiger partial charge is 0.295 e. The molecule has 1 heterocycles. The summed E-state index contributed by atoms with van der Waals surface area (Å²) in [7, 11) is 3.04. The SMILES string of the molecule is CCOc1cc(/C(O)=C2/C(=O)C(=O)N(C3CCCC3)C2c2cccc(OC)c2OC)ccc1Cl. The van der Waals surface area contributed by atoms with Gasteiger partial charge in [0.05, 0.1) is 37.5 Å². The first-order valence-corrected chi connectivity index (χ1v) is 11.7. The van der Waals surface area contributed by atoms with E-state index in [1.165, 1.54) is 14.2 Å². The van der Waals surface area contributed by atoms with Gasteiger partial charge in [-0.1, -0.05) is 36.6 Å². The van der Waals surface area contributed by atoms with E-state index in [2.05, 4.69) is 0 Å². The highest BCUT2D eigenvalue weighted by Crippen LogP contribution is 2.48. The molecule has 1 saturated carbocycles. The summed E-state index contributed by atoms with van der Waals surface area (Å²) in [4.78, 5) is 28.3. The predicted molar refractivity (Wildman–Crippen MR) is 129 cm³/mol. The molecule has 0 aromatic heterocycles. The minimum absolute atomic E-state index is 0.00761. The molecular formula is C26H28ClNO6. The standard InChI is InChI=1S/C26H28ClNO6/c1-4-34-20-14-15(12-13-18(20)27)23(29)21-22(17-10-7-11-19(32-2)25(17)33-3)28(26(31)24(21)30)16-8-5-6-9-16/h7,10-14,16,22,29H,4-6,8-9H2,1-3H3/b23-21-. The zero-order valence-electron chi connectivity index (χ0n) is 19.5. The topological polar surface area (TPSA) is 85.3 Å². The Labute approximate surface area is 203 Å². The first-order chi connectivity index (χ1) is 16.4. The monoisotopic (exact) mass is 485 g/mol. The van der Waals surface area contributed by atoms with Crippen LogP contribution in [0.15, 0.2) is 42.0 Å². The molecule has 1 atom stereocenters. The van der Waals surface area contributed by atoms with Crippen LogP contribution >= 0.6 is 11.6 Å². The minimum Gasteiger partial charge on any atom is -0.507 e. The Morgan fingerprint density at radius 1 is 1.09 bits per heavy atom. The number of aliphatic hydroxyl groups excluding tert-OH is 1. The van der Waals surface area contributed by atoms with E-state index in [4.69, 9.17) is 25.8 Å². The highest BCUT2D eigenvalue weighted by molar-refractivity contribution is 6.46. The van der Waals surface area contributed by atoms with Gasteiger partial charge in [-0.25, -0.2) is 0 Å². The first-order valence-electron chi connectivity index (χ1n) is 11.4. The summed E-state index contributed by atoms with van der Waals surface area (Å²) >= 11 is 6.22. The number of benzene rings is 2. The van der Waals surface area contributed by atoms with Gasteiger partial charge in [-0.3, -0.25) is 9.59 Å². The summed E-state index contributed by atoms with van der Waals surface area (Å²) in [6.07, 6.45) is 3.55. The van der Waals surface area contributed by atoms with Crippen LogP contribution in [0.4, 0.5) is 0 Å². The lowest BCUT2D eigenvalue weighted by Gasteiger charge is -2.31. The summed E-state index contributed by atoms with van der Waals surface area (Å²) in [6, 6.07) is 9.16. The maximum Gasteiger partial charge on any atom is 0.295 e. The van der Waals surface area contributed by atoms with E-state index >= 15 is 0 Å². The number of likely N-dealkylation sites (tertiary alicyclic amines) is 1. The normalized spacial score (nSPS) is 20.1. The van der Waals surface area contributed by atoms with Crippen molar-refractivity contribution >= 4 is 29.1 Å². The van der Waals surface area contributed by atoms with Crippen LogP contribution in [0.1, 0.15) is 49.8 Å². The van der Waals surface area contributed by atoms with Gasteiger partial charge >= 0.3 is 0 Å². The lowest BCUT2D eigenvalue weighted by Crippen LogP contribution is -2.37. The molecule has 0 bridgehead atoms. The number of carbonyl (C=O) groups is 2. The molecule has 1 amide bonds. The second-order valence-electron chi connectivity index (χ2n) is 8.31. The quantitative estimate of drug-likeness (QED) is 0.333. The second kappa shape index (κ2) is 9.97. The number of amides is 1. The van der Waals surface area contributed by atoms with Gasteiger partial charge in [0.1, 0.15) is 11.5 Å². The van der Waals surface area contributed by atoms with Crippen molar-refractivity contribution in [2.45, 2.75) is 44.7 Å². The van der Waals surface area contributed by atoms with Crippen molar-refractivity contribution in [3.8, 4) is 17.2 Å². The number of para-hydroxylation sites is 1. The van der Waals surface area contributed by atoms with Crippen LogP contribution < -0.4 is 14.2 Å². The first kappa shape index (κ1) is 24.0. The van der Waals surface area contributed by atoms with Crippen LogP contribution in [0.3, 0.4) is 0 Å². The minimum atomic E-state index is -0.820. The number of ketones is 1. The molecule has 2 aromatic rings. The average Bonchev–Trinajstić information content (AvgIpc) is 3.46. The largest absolute Gasteiger partial charge is 0.507 e. The molecule has 7 nitrogen and oxygen atoms in total. The molecule has 1 aliphatic heterocycles. The maximum absolute atomic E-state index is 13.4. The van der Waals surface area contributed by atoms with Crippen molar-refractivity contribution in [1.29, 1.82) is 0 Å². The van der Waals surface area contributed by atoms with Crippen LogP contribution in [-0.2, 0) is 9.59 Å². The molecule has 34 heavy (non-hydrogen) atoms.